The summed E-state index contributed by atoms with van der Waals surface area (Å²) in [6.45, 7) is 3.67. The van der Waals surface area contributed by atoms with Crippen molar-refractivity contribution in [2.75, 3.05) is 19.6 Å². The van der Waals surface area contributed by atoms with Crippen LogP contribution >= 0.6 is 0 Å². The third-order valence-corrected chi connectivity index (χ3v) is 5.32. The molecule has 7 heteroatoms. The molecule has 0 bridgehead atoms. The predicted octanol–water partition coefficient (Wildman–Crippen LogP) is 1.84. The van der Waals surface area contributed by atoms with E-state index in [0.29, 0.717) is 12.8 Å². The minimum absolute atomic E-state index is 0.206. The Bertz CT molecular complexity index is 686. The Kier molecular flexibility index (Phi) is 6.11. The van der Waals surface area contributed by atoms with Gasteiger partial charge in [-0.2, -0.15) is 5.01 Å². The fourth-order valence-corrected chi connectivity index (χ4v) is 3.65. The molecule has 1 aromatic rings. The molecule has 0 saturated carbocycles. The highest BCUT2D eigenvalue weighted by molar-refractivity contribution is 6.07. The Morgan fingerprint density at radius 2 is 1.78 bits per heavy atom. The monoisotopic (exact) mass is 372 g/mol. The molecule has 2 N–H and O–H groups in total. The van der Waals surface area contributed by atoms with Crippen molar-refractivity contribution in [3.63, 3.8) is 0 Å². The van der Waals surface area contributed by atoms with Gasteiger partial charge in [-0.05, 0) is 51.3 Å². The molecule has 1 aromatic carbocycles. The van der Waals surface area contributed by atoms with Crippen LogP contribution in [0.1, 0.15) is 44.6 Å². The van der Waals surface area contributed by atoms with E-state index in [1.807, 2.05) is 30.3 Å². The number of imide groups is 1. The lowest BCUT2D eigenvalue weighted by atomic mass is 9.93. The average Bonchev–Trinajstić information content (AvgIpc) is 2.84. The molecule has 2 heterocycles. The third kappa shape index (κ3) is 4.86. The second-order valence-electron chi connectivity index (χ2n) is 7.61. The van der Waals surface area contributed by atoms with Gasteiger partial charge in [0.1, 0.15) is 5.54 Å². The normalized spacial score (nSPS) is 23.8. The molecule has 2 aliphatic rings. The summed E-state index contributed by atoms with van der Waals surface area (Å²) in [6, 6.07) is 9.25. The van der Waals surface area contributed by atoms with Gasteiger partial charge in [-0.3, -0.25) is 19.9 Å². The van der Waals surface area contributed by atoms with Gasteiger partial charge < -0.3 is 5.32 Å². The van der Waals surface area contributed by atoms with Crippen molar-refractivity contribution in [1.29, 1.82) is 0 Å². The van der Waals surface area contributed by atoms with E-state index in [1.165, 1.54) is 12.8 Å². The van der Waals surface area contributed by atoms with Gasteiger partial charge in [0.15, 0.2) is 0 Å². The van der Waals surface area contributed by atoms with Crippen molar-refractivity contribution >= 4 is 17.8 Å². The van der Waals surface area contributed by atoms with Gasteiger partial charge in [0.25, 0.3) is 11.8 Å². The van der Waals surface area contributed by atoms with E-state index in [0.717, 1.165) is 36.5 Å². The highest BCUT2D eigenvalue weighted by Gasteiger charge is 2.48. The average molecular weight is 372 g/mol. The molecule has 0 aliphatic carbocycles. The maximum Gasteiger partial charge on any atom is 0.344 e. The first-order valence-electron chi connectivity index (χ1n) is 9.70. The Hall–Kier alpha value is -2.41. The van der Waals surface area contributed by atoms with Gasteiger partial charge in [0.05, 0.1) is 6.54 Å². The maximum atomic E-state index is 12.8. The summed E-state index contributed by atoms with van der Waals surface area (Å²) < 4.78 is 0. The zero-order valence-electron chi connectivity index (χ0n) is 15.9. The number of rotatable bonds is 6. The highest BCUT2D eigenvalue weighted by Crippen LogP contribution is 2.22. The van der Waals surface area contributed by atoms with E-state index in [2.05, 4.69) is 15.6 Å². The Morgan fingerprint density at radius 3 is 2.44 bits per heavy atom. The lowest BCUT2D eigenvalue weighted by molar-refractivity contribution is -0.139. The van der Waals surface area contributed by atoms with Gasteiger partial charge in [-0.25, -0.2) is 4.79 Å². The second kappa shape index (κ2) is 8.52. The minimum atomic E-state index is -1.01. The summed E-state index contributed by atoms with van der Waals surface area (Å²) in [5.41, 5.74) is 2.58. The number of nitrogens with zero attached hydrogens (tertiary/aromatic N) is 2. The summed E-state index contributed by atoms with van der Waals surface area (Å²) >= 11 is 0. The van der Waals surface area contributed by atoms with Crippen LogP contribution in [0.5, 0.6) is 0 Å². The SMILES string of the molecule is C[C@]1(CCc2ccccc2)NC(=O)N(NC(=O)CN2CCCCCC2)C1=O. The van der Waals surface area contributed by atoms with E-state index in [9.17, 15) is 14.4 Å². The first-order chi connectivity index (χ1) is 13.0. The van der Waals surface area contributed by atoms with E-state index in [4.69, 9.17) is 0 Å². The molecule has 4 amide bonds. The fraction of sp³-hybridized carbons (Fsp3) is 0.550. The number of benzene rings is 1. The third-order valence-electron chi connectivity index (χ3n) is 5.32. The van der Waals surface area contributed by atoms with E-state index in [-0.39, 0.29) is 12.5 Å². The number of carbonyl (C=O) groups excluding carboxylic acids is 3. The minimum Gasteiger partial charge on any atom is -0.322 e. The predicted molar refractivity (Wildman–Crippen MR) is 102 cm³/mol. The highest BCUT2D eigenvalue weighted by atomic mass is 16.2. The zero-order chi connectivity index (χ0) is 19.3. The number of hydrogen-bond donors (Lipinski definition) is 2. The molecule has 3 rings (SSSR count). The van der Waals surface area contributed by atoms with E-state index < -0.39 is 17.5 Å². The first-order valence-corrected chi connectivity index (χ1v) is 9.70. The number of nitrogens with one attached hydrogen (secondary N) is 2. The van der Waals surface area contributed by atoms with E-state index >= 15 is 0 Å². The molecule has 2 fully saturated rings. The number of amides is 4. The number of hydrogen-bond acceptors (Lipinski definition) is 4. The summed E-state index contributed by atoms with van der Waals surface area (Å²) in [7, 11) is 0. The van der Waals surface area contributed by atoms with Gasteiger partial charge in [-0.15, -0.1) is 0 Å². The van der Waals surface area contributed by atoms with Crippen LogP contribution in [0, 0.1) is 0 Å². The number of likely N-dealkylation sites (tertiary alicyclic amines) is 1. The smallest absolute Gasteiger partial charge is 0.322 e. The van der Waals surface area contributed by atoms with Crippen LogP contribution in [0.2, 0.25) is 0 Å². The zero-order valence-corrected chi connectivity index (χ0v) is 15.9. The van der Waals surface area contributed by atoms with Crippen molar-refractivity contribution in [2.45, 2.75) is 51.0 Å². The molecule has 7 nitrogen and oxygen atoms in total. The van der Waals surface area contributed by atoms with Crippen LogP contribution in [0.4, 0.5) is 4.79 Å². The quantitative estimate of drug-likeness (QED) is 0.747. The molecule has 0 aromatic heterocycles. The van der Waals surface area contributed by atoms with Crippen molar-refractivity contribution in [2.24, 2.45) is 0 Å². The van der Waals surface area contributed by atoms with Crippen LogP contribution in [-0.2, 0) is 16.0 Å². The van der Waals surface area contributed by atoms with Crippen LogP contribution in [0.3, 0.4) is 0 Å². The molecular weight excluding hydrogens is 344 g/mol. The van der Waals surface area contributed by atoms with Crippen LogP contribution in [0.25, 0.3) is 0 Å². The molecule has 1 atom stereocenters. The molecule has 2 saturated heterocycles. The molecule has 146 valence electrons. The fourth-order valence-electron chi connectivity index (χ4n) is 3.65. The summed E-state index contributed by atoms with van der Waals surface area (Å²) in [6.07, 6.45) is 5.66. The number of aryl methyl sites for hydroxylation is 1. The number of carbonyl (C=O) groups is 3. The first kappa shape index (κ1) is 19.4. The van der Waals surface area contributed by atoms with Gasteiger partial charge >= 0.3 is 6.03 Å². The molecule has 0 unspecified atom stereocenters. The van der Waals surface area contributed by atoms with Crippen LogP contribution < -0.4 is 10.7 Å². The number of hydrazine groups is 1. The van der Waals surface area contributed by atoms with Crippen molar-refractivity contribution in [3.8, 4) is 0 Å². The van der Waals surface area contributed by atoms with Gasteiger partial charge in [-0.1, -0.05) is 43.2 Å². The Balaban J connectivity index is 1.55. The summed E-state index contributed by atoms with van der Waals surface area (Å²) in [5, 5.41) is 3.57. The molecule has 0 radical (unpaired) electrons. The topological polar surface area (TPSA) is 81.8 Å². The lowest BCUT2D eigenvalue weighted by Gasteiger charge is -2.23. The van der Waals surface area contributed by atoms with E-state index in [1.54, 1.807) is 6.92 Å². The Morgan fingerprint density at radius 1 is 1.11 bits per heavy atom. The van der Waals surface area contributed by atoms with Crippen molar-refractivity contribution < 1.29 is 14.4 Å². The molecule has 27 heavy (non-hydrogen) atoms. The molecule has 0 spiro atoms. The molecule has 2 aliphatic heterocycles. The summed E-state index contributed by atoms with van der Waals surface area (Å²) in [4.78, 5) is 39.4. The molecular formula is C20H28N4O3. The van der Waals surface area contributed by atoms with Crippen molar-refractivity contribution in [1.82, 2.24) is 20.7 Å². The maximum absolute atomic E-state index is 12.8. The van der Waals surface area contributed by atoms with Gasteiger partial charge in [0.2, 0.25) is 0 Å². The van der Waals surface area contributed by atoms with Crippen LogP contribution in [-0.4, -0.2) is 52.9 Å². The van der Waals surface area contributed by atoms with Crippen molar-refractivity contribution in [3.05, 3.63) is 35.9 Å². The lowest BCUT2D eigenvalue weighted by Crippen LogP contribution is -2.51. The van der Waals surface area contributed by atoms with Crippen LogP contribution in [0.15, 0.2) is 30.3 Å². The Labute approximate surface area is 160 Å². The van der Waals surface area contributed by atoms with Gasteiger partial charge in [0, 0.05) is 0 Å². The number of urea groups is 1. The standard InChI is InChI=1S/C20H28N4O3/c1-20(12-11-16-9-5-4-6-10-16)18(26)24(19(27)21-20)22-17(25)15-23-13-7-2-3-8-14-23/h4-6,9-10H,2-3,7-8,11-15H2,1H3,(H,21,27)(H,22,25)/t20-/m1/s1. The largest absolute Gasteiger partial charge is 0.344 e. The summed E-state index contributed by atoms with van der Waals surface area (Å²) in [5.74, 6) is -0.736. The second-order valence-corrected chi connectivity index (χ2v) is 7.61.